The number of thioether (sulfide) groups is 1. The topological polar surface area (TPSA) is 33.5 Å². The number of carbonyl (C=O) groups excluding carboxylic acids is 1. The van der Waals surface area contributed by atoms with Crippen LogP contribution in [-0.2, 0) is 17.9 Å². The molecule has 1 amide bonds. The van der Waals surface area contributed by atoms with Crippen molar-refractivity contribution in [3.05, 3.63) is 65.5 Å². The van der Waals surface area contributed by atoms with E-state index in [4.69, 9.17) is 0 Å². The molecule has 0 fully saturated rings. The SMILES string of the molecule is CSc1ccc(C[NH+](C)CC(=O)NCc2ccccc2F)cc1. The maximum Gasteiger partial charge on any atom is 0.275 e. The van der Waals surface area contributed by atoms with Gasteiger partial charge < -0.3 is 10.2 Å². The molecule has 0 radical (unpaired) electrons. The normalized spacial score (nSPS) is 12.0. The summed E-state index contributed by atoms with van der Waals surface area (Å²) in [4.78, 5) is 14.3. The summed E-state index contributed by atoms with van der Waals surface area (Å²) in [5, 5.41) is 2.77. The highest BCUT2D eigenvalue weighted by Crippen LogP contribution is 2.14. The van der Waals surface area contributed by atoms with Crippen molar-refractivity contribution >= 4 is 17.7 Å². The summed E-state index contributed by atoms with van der Waals surface area (Å²) < 4.78 is 13.5. The van der Waals surface area contributed by atoms with Crippen molar-refractivity contribution in [1.29, 1.82) is 0 Å². The Balaban J connectivity index is 1.79. The Bertz CT molecular complexity index is 646. The second-order valence-electron chi connectivity index (χ2n) is 5.53. The predicted octanol–water partition coefficient (Wildman–Crippen LogP) is 1.88. The van der Waals surface area contributed by atoms with Gasteiger partial charge in [0.05, 0.1) is 7.05 Å². The molecular formula is C18H22FN2OS+. The molecule has 0 aromatic heterocycles. The third kappa shape index (κ3) is 5.69. The number of benzene rings is 2. The average Bonchev–Trinajstić information content (AvgIpc) is 2.54. The maximum absolute atomic E-state index is 13.5. The Labute approximate surface area is 140 Å². The molecule has 0 bridgehead atoms. The van der Waals surface area contributed by atoms with Gasteiger partial charge >= 0.3 is 0 Å². The van der Waals surface area contributed by atoms with Crippen molar-refractivity contribution < 1.29 is 14.1 Å². The Hall–Kier alpha value is -1.85. The van der Waals surface area contributed by atoms with E-state index in [1.165, 1.54) is 16.5 Å². The molecule has 1 atom stereocenters. The van der Waals surface area contributed by atoms with Crippen molar-refractivity contribution in [2.24, 2.45) is 0 Å². The predicted molar refractivity (Wildman–Crippen MR) is 91.9 cm³/mol. The van der Waals surface area contributed by atoms with Gasteiger partial charge in [0.15, 0.2) is 6.54 Å². The monoisotopic (exact) mass is 333 g/mol. The second-order valence-corrected chi connectivity index (χ2v) is 6.41. The van der Waals surface area contributed by atoms with Crippen molar-refractivity contribution in [3.63, 3.8) is 0 Å². The molecule has 0 aliphatic rings. The molecule has 0 heterocycles. The molecule has 2 aromatic carbocycles. The number of quaternary nitrogens is 1. The van der Waals surface area contributed by atoms with Crippen LogP contribution in [-0.4, -0.2) is 25.8 Å². The lowest BCUT2D eigenvalue weighted by Gasteiger charge is -2.14. The fourth-order valence-electron chi connectivity index (χ4n) is 2.33. The van der Waals surface area contributed by atoms with E-state index >= 15 is 0 Å². The van der Waals surface area contributed by atoms with Gasteiger partial charge in [-0.05, 0) is 24.5 Å². The zero-order chi connectivity index (χ0) is 16.7. The van der Waals surface area contributed by atoms with Crippen molar-refractivity contribution in [2.75, 3.05) is 19.8 Å². The summed E-state index contributed by atoms with van der Waals surface area (Å²) in [7, 11) is 1.98. The van der Waals surface area contributed by atoms with E-state index in [0.29, 0.717) is 12.1 Å². The molecule has 3 nitrogen and oxygen atoms in total. The van der Waals surface area contributed by atoms with Crippen LogP contribution in [0.4, 0.5) is 4.39 Å². The zero-order valence-corrected chi connectivity index (χ0v) is 14.3. The van der Waals surface area contributed by atoms with Crippen LogP contribution < -0.4 is 10.2 Å². The van der Waals surface area contributed by atoms with Crippen LogP contribution in [0.2, 0.25) is 0 Å². The number of halogens is 1. The quantitative estimate of drug-likeness (QED) is 0.759. The number of rotatable bonds is 7. The standard InChI is InChI=1S/C18H21FN2OS/c1-21(12-14-7-9-16(23-2)10-8-14)13-18(22)20-11-15-5-3-4-6-17(15)19/h3-10H,11-13H2,1-2H3,(H,20,22)/p+1. The van der Waals surface area contributed by atoms with Crippen LogP contribution in [0.1, 0.15) is 11.1 Å². The molecule has 2 N–H and O–H groups in total. The van der Waals surface area contributed by atoms with E-state index in [1.54, 1.807) is 30.0 Å². The lowest BCUT2D eigenvalue weighted by atomic mass is 10.2. The summed E-state index contributed by atoms with van der Waals surface area (Å²) in [6, 6.07) is 14.8. The van der Waals surface area contributed by atoms with Gasteiger partial charge in [-0.1, -0.05) is 30.3 Å². The van der Waals surface area contributed by atoms with E-state index in [-0.39, 0.29) is 18.3 Å². The van der Waals surface area contributed by atoms with Gasteiger partial charge in [0.1, 0.15) is 12.4 Å². The number of amides is 1. The molecule has 0 aliphatic heterocycles. The summed E-state index contributed by atoms with van der Waals surface area (Å²) in [5.41, 5.74) is 1.70. The highest BCUT2D eigenvalue weighted by atomic mass is 32.2. The summed E-state index contributed by atoms with van der Waals surface area (Å²) >= 11 is 1.71. The highest BCUT2D eigenvalue weighted by Gasteiger charge is 2.11. The second kappa shape index (κ2) is 8.70. The highest BCUT2D eigenvalue weighted by molar-refractivity contribution is 7.98. The van der Waals surface area contributed by atoms with Gasteiger partial charge in [-0.3, -0.25) is 4.79 Å². The lowest BCUT2D eigenvalue weighted by Crippen LogP contribution is -3.08. The number of likely N-dealkylation sites (N-methyl/N-ethyl adjacent to an activating group) is 1. The molecule has 2 aromatic rings. The summed E-state index contributed by atoms with van der Waals surface area (Å²) in [6.07, 6.45) is 2.05. The fourth-order valence-corrected chi connectivity index (χ4v) is 2.73. The first-order valence-corrected chi connectivity index (χ1v) is 8.75. The van der Waals surface area contributed by atoms with Crippen LogP contribution in [0.3, 0.4) is 0 Å². The van der Waals surface area contributed by atoms with Gasteiger partial charge in [-0.2, -0.15) is 0 Å². The first-order valence-electron chi connectivity index (χ1n) is 7.53. The van der Waals surface area contributed by atoms with Gasteiger partial charge in [-0.25, -0.2) is 4.39 Å². The molecule has 0 saturated carbocycles. The minimum Gasteiger partial charge on any atom is -0.347 e. The molecule has 0 aliphatic carbocycles. The number of carbonyl (C=O) groups is 1. The molecule has 122 valence electrons. The molecule has 2 rings (SSSR count). The van der Waals surface area contributed by atoms with Crippen LogP contribution in [0.15, 0.2) is 53.4 Å². The van der Waals surface area contributed by atoms with E-state index in [9.17, 15) is 9.18 Å². The molecular weight excluding hydrogens is 311 g/mol. The fraction of sp³-hybridized carbons (Fsp3) is 0.278. The lowest BCUT2D eigenvalue weighted by molar-refractivity contribution is -0.885. The molecule has 23 heavy (non-hydrogen) atoms. The van der Waals surface area contributed by atoms with Crippen LogP contribution in [0, 0.1) is 5.82 Å². The van der Waals surface area contributed by atoms with E-state index in [1.807, 2.05) is 13.3 Å². The van der Waals surface area contributed by atoms with E-state index < -0.39 is 0 Å². The van der Waals surface area contributed by atoms with Crippen LogP contribution >= 0.6 is 11.8 Å². The minimum atomic E-state index is -0.289. The maximum atomic E-state index is 13.5. The molecule has 0 saturated heterocycles. The molecule has 5 heteroatoms. The van der Waals surface area contributed by atoms with Gasteiger partial charge in [0.25, 0.3) is 5.91 Å². The van der Waals surface area contributed by atoms with Crippen molar-refractivity contribution in [1.82, 2.24) is 5.32 Å². The Kier molecular flexibility index (Phi) is 6.62. The number of hydrogen-bond acceptors (Lipinski definition) is 2. The Morgan fingerprint density at radius 3 is 2.52 bits per heavy atom. The zero-order valence-electron chi connectivity index (χ0n) is 13.4. The Morgan fingerprint density at radius 2 is 1.87 bits per heavy atom. The largest absolute Gasteiger partial charge is 0.347 e. The van der Waals surface area contributed by atoms with Crippen molar-refractivity contribution in [3.8, 4) is 0 Å². The third-order valence-corrected chi connectivity index (χ3v) is 4.30. The van der Waals surface area contributed by atoms with Gasteiger partial charge in [-0.15, -0.1) is 11.8 Å². The summed E-state index contributed by atoms with van der Waals surface area (Å²) in [6.45, 7) is 1.36. The van der Waals surface area contributed by atoms with Gasteiger partial charge in [0, 0.05) is 22.6 Å². The van der Waals surface area contributed by atoms with Crippen LogP contribution in [0.25, 0.3) is 0 Å². The number of hydrogen-bond donors (Lipinski definition) is 2. The summed E-state index contributed by atoms with van der Waals surface area (Å²) in [5.74, 6) is -0.367. The van der Waals surface area contributed by atoms with E-state index in [2.05, 4.69) is 29.6 Å². The van der Waals surface area contributed by atoms with E-state index in [0.717, 1.165) is 11.4 Å². The molecule has 0 spiro atoms. The van der Waals surface area contributed by atoms with Crippen molar-refractivity contribution in [2.45, 2.75) is 18.0 Å². The first-order chi connectivity index (χ1) is 11.1. The molecule has 1 unspecified atom stereocenters. The van der Waals surface area contributed by atoms with Crippen LogP contribution in [0.5, 0.6) is 0 Å². The smallest absolute Gasteiger partial charge is 0.275 e. The number of nitrogens with one attached hydrogen (secondary N) is 2. The first kappa shape index (κ1) is 17.5. The minimum absolute atomic E-state index is 0.0773. The Morgan fingerprint density at radius 1 is 1.17 bits per heavy atom. The average molecular weight is 333 g/mol. The third-order valence-electron chi connectivity index (χ3n) is 3.56. The van der Waals surface area contributed by atoms with Gasteiger partial charge in [0.2, 0.25) is 0 Å².